The second-order valence-corrected chi connectivity index (χ2v) is 13.0. The lowest BCUT2D eigenvalue weighted by molar-refractivity contribution is -0.152. The number of aromatic nitrogens is 3. The van der Waals surface area contributed by atoms with Gasteiger partial charge in [0, 0.05) is 18.8 Å². The Bertz CT molecular complexity index is 1860. The van der Waals surface area contributed by atoms with Crippen LogP contribution in [0.3, 0.4) is 0 Å². The maximum absolute atomic E-state index is 15.0. The Morgan fingerprint density at radius 3 is 2.39 bits per heavy atom. The highest BCUT2D eigenvalue weighted by Crippen LogP contribution is 2.59. The van der Waals surface area contributed by atoms with Crippen molar-refractivity contribution in [3.63, 3.8) is 0 Å². The maximum atomic E-state index is 15.0. The van der Waals surface area contributed by atoms with Crippen molar-refractivity contribution < 1.29 is 24.2 Å². The van der Waals surface area contributed by atoms with Crippen molar-refractivity contribution in [1.82, 2.24) is 24.8 Å². The summed E-state index contributed by atoms with van der Waals surface area (Å²) in [6.45, 7) is 7.87. The highest BCUT2D eigenvalue weighted by Gasteiger charge is 2.75. The molecule has 4 aromatic rings. The second kappa shape index (κ2) is 13.4. The molecule has 252 valence electrons. The van der Waals surface area contributed by atoms with Gasteiger partial charge in [-0.1, -0.05) is 78.0 Å². The van der Waals surface area contributed by atoms with Gasteiger partial charge in [0.2, 0.25) is 17.7 Å². The molecule has 11 nitrogen and oxygen atoms in total. The first kappa shape index (κ1) is 32.4. The zero-order chi connectivity index (χ0) is 34.1. The monoisotopic (exact) mass is 660 g/mol. The van der Waals surface area contributed by atoms with E-state index in [1.807, 2.05) is 84.9 Å². The molecule has 2 bridgehead atoms. The average molecular weight is 661 g/mol. The molecule has 11 heteroatoms. The predicted molar refractivity (Wildman–Crippen MR) is 184 cm³/mol. The summed E-state index contributed by atoms with van der Waals surface area (Å²) in [5.41, 5.74) is 1.78. The van der Waals surface area contributed by atoms with Gasteiger partial charge in [0.25, 0.3) is 0 Å². The van der Waals surface area contributed by atoms with E-state index in [0.29, 0.717) is 30.5 Å². The van der Waals surface area contributed by atoms with Crippen LogP contribution in [-0.2, 0) is 32.2 Å². The van der Waals surface area contributed by atoms with E-state index in [9.17, 15) is 14.7 Å². The number of benzene rings is 3. The molecular weight excluding hydrogens is 620 g/mol. The number of nitrogens with zero attached hydrogens (tertiary/aromatic N) is 6. The number of aliphatic hydroxyl groups is 1. The molecule has 3 aliphatic rings. The van der Waals surface area contributed by atoms with E-state index in [4.69, 9.17) is 4.74 Å². The van der Waals surface area contributed by atoms with Crippen molar-refractivity contribution in [2.24, 2.45) is 11.8 Å². The Kier molecular flexibility index (Phi) is 8.87. The molecular formula is C38H40N6O5. The molecule has 0 radical (unpaired) electrons. The third-order valence-corrected chi connectivity index (χ3v) is 10.2. The van der Waals surface area contributed by atoms with Gasteiger partial charge in [0.05, 0.1) is 36.1 Å². The number of ether oxygens (including phenoxy) is 1. The number of likely N-dealkylation sites (tertiary alicyclic amines) is 1. The van der Waals surface area contributed by atoms with E-state index in [0.717, 1.165) is 11.1 Å². The summed E-state index contributed by atoms with van der Waals surface area (Å²) in [6, 6.07) is 24.5. The number of rotatable bonds is 13. The normalized spacial score (nSPS) is 24.5. The van der Waals surface area contributed by atoms with Crippen LogP contribution in [-0.4, -0.2) is 91.1 Å². The minimum atomic E-state index is -1.26. The van der Waals surface area contributed by atoms with E-state index < -0.39 is 35.6 Å². The minimum absolute atomic E-state index is 0.0556. The van der Waals surface area contributed by atoms with E-state index >= 15 is 4.79 Å². The summed E-state index contributed by atoms with van der Waals surface area (Å²) in [5, 5.41) is 19.4. The summed E-state index contributed by atoms with van der Waals surface area (Å²) < 4.78 is 8.41. The van der Waals surface area contributed by atoms with Gasteiger partial charge in [-0.3, -0.25) is 14.4 Å². The van der Waals surface area contributed by atoms with E-state index in [1.54, 1.807) is 26.6 Å². The number of amides is 3. The summed E-state index contributed by atoms with van der Waals surface area (Å²) in [7, 11) is 0. The second-order valence-electron chi connectivity index (χ2n) is 13.0. The summed E-state index contributed by atoms with van der Waals surface area (Å²) in [4.78, 5) is 49.2. The van der Waals surface area contributed by atoms with Crippen molar-refractivity contribution in [3.8, 4) is 0 Å². The molecule has 1 N–H and O–H groups in total. The number of aliphatic hydroxyl groups excluding tert-OH is 1. The number of hydrogen-bond donors (Lipinski definition) is 1. The lowest BCUT2D eigenvalue weighted by Gasteiger charge is -2.39. The summed E-state index contributed by atoms with van der Waals surface area (Å²) in [6.07, 6.45) is 4.02. The predicted octanol–water partition coefficient (Wildman–Crippen LogP) is 3.60. The molecule has 3 aliphatic heterocycles. The fourth-order valence-electron chi connectivity index (χ4n) is 8.15. The quantitative estimate of drug-likeness (QED) is 0.218. The molecule has 3 saturated heterocycles. The average Bonchev–Trinajstić information content (AvgIpc) is 3.89. The molecule has 1 spiro atoms. The molecule has 4 heterocycles. The largest absolute Gasteiger partial charge is 0.394 e. The van der Waals surface area contributed by atoms with Crippen LogP contribution in [0.25, 0.3) is 11.0 Å². The molecule has 6 atom stereocenters. The molecule has 7 rings (SSSR count). The van der Waals surface area contributed by atoms with Crippen LogP contribution in [0, 0.1) is 11.8 Å². The molecule has 3 aromatic carbocycles. The highest BCUT2D eigenvalue weighted by molar-refractivity contribution is 6.03. The standard InChI is InChI=1S/C38H40N6O5/c1-3-21-41(25-43-30-18-12-11-17-29(30)39-40-43)37(48)34-38-20-19-31(49-38)32(35(46)42(22-4-2)27-15-9-6-10-16-27)33(38)36(47)44(34)28(24-45)23-26-13-7-5-8-14-26/h3-18,28,31-34,45H,1-2,19-25H2/t28-,31+,32-,33+,34?,38?/m1/s1. The van der Waals surface area contributed by atoms with Crippen LogP contribution in [0.4, 0.5) is 5.69 Å². The number of fused-ring (bicyclic) bond motifs is 2. The molecule has 49 heavy (non-hydrogen) atoms. The zero-order valence-electron chi connectivity index (χ0n) is 27.3. The van der Waals surface area contributed by atoms with Crippen LogP contribution < -0.4 is 4.90 Å². The Morgan fingerprint density at radius 1 is 0.980 bits per heavy atom. The van der Waals surface area contributed by atoms with Gasteiger partial charge in [-0.05, 0) is 49.1 Å². The Balaban J connectivity index is 1.30. The van der Waals surface area contributed by atoms with Crippen LogP contribution in [0.15, 0.2) is 110 Å². The summed E-state index contributed by atoms with van der Waals surface area (Å²) in [5.74, 6) is -2.69. The topological polar surface area (TPSA) is 121 Å². The van der Waals surface area contributed by atoms with Crippen molar-refractivity contribution >= 4 is 34.4 Å². The van der Waals surface area contributed by atoms with Crippen molar-refractivity contribution in [2.75, 3.05) is 24.6 Å². The van der Waals surface area contributed by atoms with Gasteiger partial charge in [0.15, 0.2) is 0 Å². The Hall–Kier alpha value is -5.13. The van der Waals surface area contributed by atoms with E-state index in [1.165, 1.54) is 4.90 Å². The Labute approximate surface area is 285 Å². The van der Waals surface area contributed by atoms with Crippen molar-refractivity contribution in [2.45, 2.75) is 49.7 Å². The lowest BCUT2D eigenvalue weighted by Crippen LogP contribution is -2.59. The van der Waals surface area contributed by atoms with Gasteiger partial charge in [-0.25, -0.2) is 4.68 Å². The van der Waals surface area contributed by atoms with Crippen LogP contribution in [0.2, 0.25) is 0 Å². The zero-order valence-corrected chi connectivity index (χ0v) is 27.3. The number of hydrogen-bond acceptors (Lipinski definition) is 7. The van der Waals surface area contributed by atoms with Crippen molar-refractivity contribution in [3.05, 3.63) is 116 Å². The first-order valence-electron chi connectivity index (χ1n) is 16.7. The van der Waals surface area contributed by atoms with Gasteiger partial charge >= 0.3 is 0 Å². The molecule has 3 fully saturated rings. The smallest absolute Gasteiger partial charge is 0.250 e. The fourth-order valence-corrected chi connectivity index (χ4v) is 8.15. The molecule has 0 saturated carbocycles. The summed E-state index contributed by atoms with van der Waals surface area (Å²) >= 11 is 0. The number of carbonyl (C=O) groups is 3. The lowest BCUT2D eigenvalue weighted by atomic mass is 9.70. The number of anilines is 1. The van der Waals surface area contributed by atoms with Gasteiger partial charge in [-0.2, -0.15) is 0 Å². The molecule has 1 aromatic heterocycles. The molecule has 3 amide bonds. The number of carbonyl (C=O) groups excluding carboxylic acids is 3. The Morgan fingerprint density at radius 2 is 1.67 bits per heavy atom. The van der Waals surface area contributed by atoms with Gasteiger partial charge in [0.1, 0.15) is 23.8 Å². The van der Waals surface area contributed by atoms with Crippen LogP contribution >= 0.6 is 0 Å². The van der Waals surface area contributed by atoms with Gasteiger partial charge < -0.3 is 24.5 Å². The van der Waals surface area contributed by atoms with Crippen molar-refractivity contribution in [1.29, 1.82) is 0 Å². The van der Waals surface area contributed by atoms with E-state index in [2.05, 4.69) is 23.5 Å². The minimum Gasteiger partial charge on any atom is -0.394 e. The SMILES string of the molecule is C=CCN(Cn1nnc2ccccc21)C(=O)C1N([C@@H](CO)Cc2ccccc2)C(=O)[C@@H]2[C@H](C(=O)N(CC=C)c3ccccc3)[C@@H]3CCC12O3. The van der Waals surface area contributed by atoms with Crippen LogP contribution in [0.1, 0.15) is 18.4 Å². The third kappa shape index (κ3) is 5.52. The van der Waals surface area contributed by atoms with Crippen LogP contribution in [0.5, 0.6) is 0 Å². The fraction of sp³-hybridized carbons (Fsp3) is 0.342. The molecule has 2 unspecified atom stereocenters. The van der Waals surface area contributed by atoms with Gasteiger partial charge in [-0.15, -0.1) is 18.3 Å². The third-order valence-electron chi connectivity index (χ3n) is 10.2. The molecule has 0 aliphatic carbocycles. The highest BCUT2D eigenvalue weighted by atomic mass is 16.5. The first-order valence-corrected chi connectivity index (χ1v) is 16.7. The maximum Gasteiger partial charge on any atom is 0.250 e. The first-order chi connectivity index (χ1) is 23.9. The number of para-hydroxylation sites is 2. The van der Waals surface area contributed by atoms with E-state index in [-0.39, 0.29) is 44.1 Å².